The molecule has 0 unspecified atom stereocenters. The van der Waals surface area contributed by atoms with Crippen molar-refractivity contribution >= 4 is 208 Å². The van der Waals surface area contributed by atoms with Crippen molar-refractivity contribution in [1.82, 2.24) is 9.13 Å². The average Bonchev–Trinajstić information content (AvgIpc) is 1.22. The SMILES string of the molecule is Bc1c(B)c(B)c2c(c1B)c1cc(C#N)ccc1n2-c1ccc2c(c1)N(c1ccc(C(C)(C)C)cc1-c1ccccc1)c1cc(-c3cccc4c3oc3ccc5sc6ccccc6c5c34)cc3c1B2c1ccc(-n2c4ccccc4c4ccccc42)cc1N3c1ccc(C(C)(C)C)cc1-c1ccccc1. The molecule has 494 valence electrons. The maximum atomic E-state index is 10.6. The molecule has 0 saturated heterocycles. The Hall–Kier alpha value is -11.9. The van der Waals surface area contributed by atoms with Crippen LogP contribution in [0.4, 0.5) is 34.1 Å². The smallest absolute Gasteiger partial charge is 0.252 e. The van der Waals surface area contributed by atoms with Crippen LogP contribution in [0.3, 0.4) is 0 Å². The predicted octanol–water partition coefficient (Wildman–Crippen LogP) is 16.7. The third kappa shape index (κ3) is 9.33. The van der Waals surface area contributed by atoms with Crippen molar-refractivity contribution in [2.75, 3.05) is 9.80 Å². The van der Waals surface area contributed by atoms with Gasteiger partial charge in [0.15, 0.2) is 0 Å². The first-order chi connectivity index (χ1) is 51.0. The van der Waals surface area contributed by atoms with E-state index in [1.807, 2.05) is 17.4 Å². The number of rotatable bonds is 7. The molecular weight excluding hydrogens is 1290 g/mol. The van der Waals surface area contributed by atoms with Gasteiger partial charge in [0.25, 0.3) is 6.71 Å². The van der Waals surface area contributed by atoms with Crippen LogP contribution in [0.2, 0.25) is 0 Å². The summed E-state index contributed by atoms with van der Waals surface area (Å²) in [6.45, 7) is 13.7. The average molecular weight is 1360 g/mol. The summed E-state index contributed by atoms with van der Waals surface area (Å²) in [6, 6.07) is 103. The van der Waals surface area contributed by atoms with Crippen LogP contribution >= 0.6 is 11.3 Å². The van der Waals surface area contributed by atoms with E-state index >= 15 is 0 Å². The standard InChI is InChI=1S/C93H70B5N5OS/c1-92(2,3)56-33-40-72(65(47-56)53-20-9-7-10-21-53)102-75-49-58(100-70-29-16-13-24-61(70)62-25-14-17-30-71(62)100)35-37-68(75)98-69-38-36-59(101-74-39-32-52(51-99)44-67(74)84-85(94)86(95)87(96)88(97)90(84)101)50-76(69)103(73-41-34-57(93(4,5)6)48-66(73)54-22-11-8-12-23-54)78-46-55(45-77(102)89(78)98)60-27-19-28-64-82-79(104-91(60)64)42-43-81-83(82)63-26-15-18-31-80(63)105-81/h7-50H,94-97H2,1-6H3. The summed E-state index contributed by atoms with van der Waals surface area (Å²) in [5, 5.41) is 20.0. The second kappa shape index (κ2) is 23.1. The Kier molecular flexibility index (Phi) is 13.8. The zero-order chi connectivity index (χ0) is 71.2. The number of benzene rings is 14. The number of nitriles is 1. The zero-order valence-corrected chi connectivity index (χ0v) is 61.3. The molecule has 12 heteroatoms. The fraction of sp³-hybridized carbons (Fsp3) is 0.0860. The molecule has 105 heavy (non-hydrogen) atoms. The van der Waals surface area contributed by atoms with Crippen LogP contribution < -0.4 is 48.0 Å². The first kappa shape index (κ1) is 62.9. The molecule has 0 saturated carbocycles. The predicted molar refractivity (Wildman–Crippen MR) is 460 cm³/mol. The monoisotopic (exact) mass is 1360 g/mol. The largest absolute Gasteiger partial charge is 0.455 e. The number of nitrogens with zero attached hydrogens (tertiary/aromatic N) is 5. The number of thiophene rings is 1. The van der Waals surface area contributed by atoms with Gasteiger partial charge < -0.3 is 23.4 Å². The highest BCUT2D eigenvalue weighted by Gasteiger charge is 2.46. The van der Waals surface area contributed by atoms with E-state index in [4.69, 9.17) is 4.42 Å². The lowest BCUT2D eigenvalue weighted by atomic mass is 9.33. The van der Waals surface area contributed by atoms with Crippen LogP contribution in [0, 0.1) is 11.3 Å². The molecule has 14 aromatic carbocycles. The van der Waals surface area contributed by atoms with Gasteiger partial charge in [0, 0.05) is 109 Å². The first-order valence-electron chi connectivity index (χ1n) is 36.6. The van der Waals surface area contributed by atoms with E-state index in [0.29, 0.717) is 5.56 Å². The number of furan rings is 1. The lowest BCUT2D eigenvalue weighted by molar-refractivity contribution is 0.590. The zero-order valence-electron chi connectivity index (χ0n) is 60.5. The molecule has 0 fully saturated rings. The second-order valence-electron chi connectivity index (χ2n) is 31.2. The molecule has 2 aliphatic rings. The summed E-state index contributed by atoms with van der Waals surface area (Å²) in [6.07, 6.45) is 0. The lowest BCUT2D eigenvalue weighted by Gasteiger charge is -2.45. The van der Waals surface area contributed by atoms with Gasteiger partial charge in [-0.15, -0.1) is 16.8 Å². The number of hydrogen-bond donors (Lipinski definition) is 0. The van der Waals surface area contributed by atoms with E-state index in [2.05, 4.69) is 359 Å². The van der Waals surface area contributed by atoms with Crippen molar-refractivity contribution in [1.29, 1.82) is 5.26 Å². The van der Waals surface area contributed by atoms with Crippen LogP contribution in [-0.4, -0.2) is 47.2 Å². The van der Waals surface area contributed by atoms with E-state index in [9.17, 15) is 5.26 Å². The van der Waals surface area contributed by atoms with Crippen molar-refractivity contribution in [2.45, 2.75) is 52.4 Å². The Balaban J connectivity index is 0.963. The topological polar surface area (TPSA) is 53.3 Å². The summed E-state index contributed by atoms with van der Waals surface area (Å²) in [5.41, 5.74) is 32.8. The molecule has 0 amide bonds. The van der Waals surface area contributed by atoms with Gasteiger partial charge in [0.2, 0.25) is 0 Å². The Labute approximate surface area is 618 Å². The van der Waals surface area contributed by atoms with Crippen LogP contribution in [0.5, 0.6) is 0 Å². The highest BCUT2D eigenvalue weighted by Crippen LogP contribution is 2.53. The van der Waals surface area contributed by atoms with Gasteiger partial charge in [-0.2, -0.15) is 5.26 Å². The molecule has 0 bridgehead atoms. The van der Waals surface area contributed by atoms with Crippen LogP contribution in [0.15, 0.2) is 271 Å². The van der Waals surface area contributed by atoms with Gasteiger partial charge in [-0.05, 0) is 164 Å². The van der Waals surface area contributed by atoms with Crippen LogP contribution in [0.25, 0.3) is 130 Å². The number of aromatic nitrogens is 2. The van der Waals surface area contributed by atoms with Crippen molar-refractivity contribution in [3.8, 4) is 50.8 Å². The van der Waals surface area contributed by atoms with Crippen LogP contribution in [-0.2, 0) is 10.8 Å². The van der Waals surface area contributed by atoms with Crippen molar-refractivity contribution in [3.05, 3.63) is 284 Å². The van der Waals surface area contributed by atoms with Crippen LogP contribution in [0.1, 0.15) is 58.2 Å². The first-order valence-corrected chi connectivity index (χ1v) is 37.5. The number of hydrogen-bond acceptors (Lipinski definition) is 5. The molecule has 6 nitrogen and oxygen atoms in total. The van der Waals surface area contributed by atoms with E-state index in [-0.39, 0.29) is 17.5 Å². The minimum atomic E-state index is -0.279. The quantitative estimate of drug-likeness (QED) is 0.149. The maximum Gasteiger partial charge on any atom is 0.252 e. The molecule has 0 atom stereocenters. The molecule has 20 rings (SSSR count). The molecule has 0 N–H and O–H groups in total. The molecular formula is C93H70B5N5OS. The fourth-order valence-electron chi connectivity index (χ4n) is 17.8. The fourth-order valence-corrected chi connectivity index (χ4v) is 18.9. The molecule has 6 heterocycles. The summed E-state index contributed by atoms with van der Waals surface area (Å²) < 4.78 is 14.9. The number of para-hydroxylation sites is 3. The molecule has 0 spiro atoms. The molecule has 0 radical (unpaired) electrons. The van der Waals surface area contributed by atoms with Gasteiger partial charge in [0.05, 0.1) is 39.6 Å². The highest BCUT2D eigenvalue weighted by atomic mass is 32.1. The van der Waals surface area contributed by atoms with Gasteiger partial charge in [0.1, 0.15) is 42.6 Å². The van der Waals surface area contributed by atoms with E-state index in [1.165, 1.54) is 85.7 Å². The third-order valence-electron chi connectivity index (χ3n) is 23.3. The van der Waals surface area contributed by atoms with Gasteiger partial charge in [-0.3, -0.25) is 0 Å². The number of anilines is 6. The van der Waals surface area contributed by atoms with Crippen molar-refractivity contribution < 1.29 is 4.42 Å². The molecule has 2 aliphatic heterocycles. The highest BCUT2D eigenvalue weighted by molar-refractivity contribution is 7.26. The third-order valence-corrected chi connectivity index (χ3v) is 24.5. The molecule has 4 aromatic heterocycles. The Morgan fingerprint density at radius 3 is 1.50 bits per heavy atom. The van der Waals surface area contributed by atoms with E-state index < -0.39 is 0 Å². The van der Waals surface area contributed by atoms with Crippen molar-refractivity contribution in [3.63, 3.8) is 0 Å². The molecule has 18 aromatic rings. The normalized spacial score (nSPS) is 12.9. The number of fused-ring (bicyclic) bond motifs is 17. The summed E-state index contributed by atoms with van der Waals surface area (Å²) in [4.78, 5) is 5.28. The summed E-state index contributed by atoms with van der Waals surface area (Å²) >= 11 is 1.84. The molecule has 0 aliphatic carbocycles. The second-order valence-corrected chi connectivity index (χ2v) is 32.3. The Bertz CT molecular complexity index is 6790. The minimum Gasteiger partial charge on any atom is -0.455 e. The van der Waals surface area contributed by atoms with E-state index in [1.54, 1.807) is 0 Å². The lowest BCUT2D eigenvalue weighted by Crippen LogP contribution is -2.61. The van der Waals surface area contributed by atoms with Gasteiger partial charge >= 0.3 is 0 Å². The van der Waals surface area contributed by atoms with E-state index in [0.717, 1.165) is 128 Å². The minimum absolute atomic E-state index is 0.155. The maximum absolute atomic E-state index is 10.6. The summed E-state index contributed by atoms with van der Waals surface area (Å²) in [7, 11) is 9.05. The Morgan fingerprint density at radius 2 is 0.914 bits per heavy atom. The Morgan fingerprint density at radius 1 is 0.381 bits per heavy atom. The van der Waals surface area contributed by atoms with Gasteiger partial charge in [-0.1, -0.05) is 216 Å². The van der Waals surface area contributed by atoms with Crippen molar-refractivity contribution in [2.24, 2.45) is 0 Å². The van der Waals surface area contributed by atoms with Gasteiger partial charge in [-0.25, -0.2) is 0 Å². The summed E-state index contributed by atoms with van der Waals surface area (Å²) in [5.74, 6) is 0.